The lowest BCUT2D eigenvalue weighted by molar-refractivity contribution is 0.411. The van der Waals surface area contributed by atoms with Crippen molar-refractivity contribution in [3.63, 3.8) is 0 Å². The minimum absolute atomic E-state index is 0.279. The monoisotopic (exact) mass is 409 g/mol. The van der Waals surface area contributed by atoms with Crippen molar-refractivity contribution in [3.8, 4) is 11.4 Å². The van der Waals surface area contributed by atoms with E-state index in [4.69, 9.17) is 17.3 Å². The molecule has 1 aliphatic carbocycles. The van der Waals surface area contributed by atoms with Gasteiger partial charge < -0.3 is 16.0 Å². The maximum absolute atomic E-state index is 13.6. The predicted molar refractivity (Wildman–Crippen MR) is 116 cm³/mol. The molecular weight excluding hydrogens is 389 g/mol. The van der Waals surface area contributed by atoms with Crippen LogP contribution in [0.1, 0.15) is 25.7 Å². The van der Waals surface area contributed by atoms with Crippen molar-refractivity contribution >= 4 is 39.2 Å². The minimum Gasteiger partial charge on any atom is -0.381 e. The Morgan fingerprint density at radius 1 is 1.07 bits per heavy atom. The maximum atomic E-state index is 13.6. The third kappa shape index (κ3) is 3.54. The van der Waals surface area contributed by atoms with E-state index in [9.17, 15) is 4.39 Å². The van der Waals surface area contributed by atoms with E-state index in [1.807, 2.05) is 18.2 Å². The van der Waals surface area contributed by atoms with Gasteiger partial charge in [-0.25, -0.2) is 9.37 Å². The minimum atomic E-state index is -0.298. The van der Waals surface area contributed by atoms with E-state index in [1.54, 1.807) is 12.3 Å². The molecule has 2 heterocycles. The molecule has 0 atom stereocenters. The number of imidazole rings is 1. The molecule has 2 aromatic heterocycles. The number of aromatic amines is 1. The number of rotatable bonds is 3. The number of halogens is 2. The molecular formula is C22H21ClFN5. The fraction of sp³-hybridized carbons (Fsp3) is 0.273. The van der Waals surface area contributed by atoms with E-state index in [0.29, 0.717) is 27.9 Å². The standard InChI is InChI=1S/C22H21ClFN5/c23-12-1-7-18-16(9-12)21(27-15-5-3-14(25)4-6-15)17(11-26-18)22-28-19-8-2-13(24)10-20(19)29-22/h1-2,7-11,14-15H,3-6,25H2,(H,26,27)(H,28,29). The number of hydrogen-bond acceptors (Lipinski definition) is 4. The molecule has 148 valence electrons. The second-order valence-electron chi connectivity index (χ2n) is 7.71. The van der Waals surface area contributed by atoms with Crippen LogP contribution in [0.25, 0.3) is 33.3 Å². The van der Waals surface area contributed by atoms with Crippen LogP contribution in [0.5, 0.6) is 0 Å². The van der Waals surface area contributed by atoms with E-state index in [1.165, 1.54) is 12.1 Å². The summed E-state index contributed by atoms with van der Waals surface area (Å²) in [5, 5.41) is 5.30. The fourth-order valence-corrected chi connectivity index (χ4v) is 4.25. The highest BCUT2D eigenvalue weighted by molar-refractivity contribution is 6.31. The Hall–Kier alpha value is -2.70. The van der Waals surface area contributed by atoms with Crippen LogP contribution in [0, 0.1) is 5.82 Å². The molecule has 0 unspecified atom stereocenters. The van der Waals surface area contributed by atoms with Gasteiger partial charge in [0.15, 0.2) is 0 Å². The molecule has 0 aliphatic heterocycles. The van der Waals surface area contributed by atoms with Gasteiger partial charge in [-0.1, -0.05) is 11.6 Å². The number of benzene rings is 2. The van der Waals surface area contributed by atoms with Gasteiger partial charge in [-0.15, -0.1) is 0 Å². The highest BCUT2D eigenvalue weighted by atomic mass is 35.5. The van der Waals surface area contributed by atoms with E-state index in [0.717, 1.165) is 47.8 Å². The number of nitrogens with two attached hydrogens (primary N) is 1. The Kier molecular flexibility index (Phi) is 4.60. The van der Waals surface area contributed by atoms with Crippen LogP contribution in [-0.4, -0.2) is 27.0 Å². The summed E-state index contributed by atoms with van der Waals surface area (Å²) in [5.41, 5.74) is 10.1. The maximum Gasteiger partial charge on any atom is 0.142 e. The van der Waals surface area contributed by atoms with Gasteiger partial charge in [-0.2, -0.15) is 0 Å². The molecule has 1 saturated carbocycles. The van der Waals surface area contributed by atoms with E-state index >= 15 is 0 Å². The number of pyridine rings is 1. The summed E-state index contributed by atoms with van der Waals surface area (Å²) < 4.78 is 13.6. The van der Waals surface area contributed by atoms with Crippen LogP contribution in [0.2, 0.25) is 5.02 Å². The molecule has 2 aromatic carbocycles. The molecule has 0 radical (unpaired) electrons. The largest absolute Gasteiger partial charge is 0.381 e. The Balaban J connectivity index is 1.65. The first-order valence-electron chi connectivity index (χ1n) is 9.83. The van der Waals surface area contributed by atoms with Gasteiger partial charge in [0.2, 0.25) is 0 Å². The molecule has 4 N–H and O–H groups in total. The zero-order valence-corrected chi connectivity index (χ0v) is 16.5. The van der Waals surface area contributed by atoms with Crippen molar-refractivity contribution in [2.45, 2.75) is 37.8 Å². The Morgan fingerprint density at radius 2 is 1.86 bits per heavy atom. The summed E-state index contributed by atoms with van der Waals surface area (Å²) in [6.07, 6.45) is 5.83. The number of aromatic nitrogens is 3. The van der Waals surface area contributed by atoms with Crippen LogP contribution >= 0.6 is 11.6 Å². The number of nitrogens with one attached hydrogen (secondary N) is 2. The first-order valence-corrected chi connectivity index (χ1v) is 10.2. The molecule has 1 fully saturated rings. The fourth-order valence-electron chi connectivity index (χ4n) is 4.08. The normalized spacial score (nSPS) is 19.7. The number of nitrogens with zero attached hydrogens (tertiary/aromatic N) is 2. The quantitative estimate of drug-likeness (QED) is 0.431. The lowest BCUT2D eigenvalue weighted by Crippen LogP contribution is -2.33. The lowest BCUT2D eigenvalue weighted by atomic mass is 9.91. The second-order valence-corrected chi connectivity index (χ2v) is 8.15. The molecule has 0 amide bonds. The average molecular weight is 410 g/mol. The molecule has 4 aromatic rings. The van der Waals surface area contributed by atoms with Gasteiger partial charge in [0.05, 0.1) is 27.8 Å². The molecule has 5 nitrogen and oxygen atoms in total. The van der Waals surface area contributed by atoms with Crippen molar-refractivity contribution in [3.05, 3.63) is 53.4 Å². The third-order valence-corrected chi connectivity index (χ3v) is 5.88. The molecule has 1 aliphatic rings. The van der Waals surface area contributed by atoms with Crippen LogP contribution in [-0.2, 0) is 0 Å². The first-order chi connectivity index (χ1) is 14.1. The van der Waals surface area contributed by atoms with Gasteiger partial charge in [0.25, 0.3) is 0 Å². The van der Waals surface area contributed by atoms with Gasteiger partial charge in [0.1, 0.15) is 11.6 Å². The average Bonchev–Trinajstić information content (AvgIpc) is 3.13. The smallest absolute Gasteiger partial charge is 0.142 e. The number of fused-ring (bicyclic) bond motifs is 2. The molecule has 7 heteroatoms. The number of H-pyrrole nitrogens is 1. The molecule has 0 saturated heterocycles. The zero-order chi connectivity index (χ0) is 20.0. The Labute approximate surface area is 172 Å². The summed E-state index contributed by atoms with van der Waals surface area (Å²) in [6.45, 7) is 0. The Morgan fingerprint density at radius 3 is 2.69 bits per heavy atom. The third-order valence-electron chi connectivity index (χ3n) is 5.65. The highest BCUT2D eigenvalue weighted by Crippen LogP contribution is 2.36. The van der Waals surface area contributed by atoms with Crippen molar-refractivity contribution in [2.75, 3.05) is 5.32 Å². The second kappa shape index (κ2) is 7.28. The van der Waals surface area contributed by atoms with Crippen LogP contribution in [0.3, 0.4) is 0 Å². The molecule has 29 heavy (non-hydrogen) atoms. The number of hydrogen-bond donors (Lipinski definition) is 3. The van der Waals surface area contributed by atoms with Crippen molar-refractivity contribution in [2.24, 2.45) is 5.73 Å². The van der Waals surface area contributed by atoms with E-state index in [2.05, 4.69) is 20.3 Å². The van der Waals surface area contributed by atoms with Crippen molar-refractivity contribution in [1.82, 2.24) is 15.0 Å². The highest BCUT2D eigenvalue weighted by Gasteiger charge is 2.22. The van der Waals surface area contributed by atoms with Gasteiger partial charge in [-0.05, 0) is 62.1 Å². The predicted octanol–water partition coefficient (Wildman–Crippen LogP) is 5.25. The Bertz CT molecular complexity index is 1200. The molecule has 0 bridgehead atoms. The topological polar surface area (TPSA) is 79.6 Å². The van der Waals surface area contributed by atoms with Crippen molar-refractivity contribution in [1.29, 1.82) is 0 Å². The van der Waals surface area contributed by atoms with Gasteiger partial charge in [-0.3, -0.25) is 4.98 Å². The van der Waals surface area contributed by atoms with E-state index < -0.39 is 0 Å². The first kappa shape index (κ1) is 18.3. The summed E-state index contributed by atoms with van der Waals surface area (Å²) >= 11 is 6.30. The summed E-state index contributed by atoms with van der Waals surface area (Å²) in [5.74, 6) is 0.350. The van der Waals surface area contributed by atoms with Gasteiger partial charge >= 0.3 is 0 Å². The van der Waals surface area contributed by atoms with Crippen LogP contribution < -0.4 is 11.1 Å². The summed E-state index contributed by atoms with van der Waals surface area (Å²) in [4.78, 5) is 12.5. The summed E-state index contributed by atoms with van der Waals surface area (Å²) in [7, 11) is 0. The van der Waals surface area contributed by atoms with Crippen LogP contribution in [0.15, 0.2) is 42.6 Å². The zero-order valence-electron chi connectivity index (χ0n) is 15.8. The molecule has 0 spiro atoms. The summed E-state index contributed by atoms with van der Waals surface area (Å²) in [6, 6.07) is 10.8. The molecule has 5 rings (SSSR count). The number of anilines is 1. The van der Waals surface area contributed by atoms with Crippen molar-refractivity contribution < 1.29 is 4.39 Å². The van der Waals surface area contributed by atoms with Gasteiger partial charge in [0, 0.05) is 28.7 Å². The van der Waals surface area contributed by atoms with Crippen LogP contribution in [0.4, 0.5) is 10.1 Å². The SMILES string of the molecule is NC1CCC(Nc2c(-c3nc4ccc(F)cc4[nH]3)cnc3ccc(Cl)cc23)CC1. The van der Waals surface area contributed by atoms with E-state index in [-0.39, 0.29) is 11.9 Å². The lowest BCUT2D eigenvalue weighted by Gasteiger charge is -2.28.